The van der Waals surface area contributed by atoms with E-state index in [1.807, 2.05) is 0 Å². The van der Waals surface area contributed by atoms with Crippen molar-refractivity contribution in [1.29, 1.82) is 0 Å². The van der Waals surface area contributed by atoms with E-state index in [2.05, 4.69) is 12.2 Å². The molecule has 1 aliphatic rings. The highest BCUT2D eigenvalue weighted by molar-refractivity contribution is 4.63. The minimum absolute atomic E-state index is 0.398. The lowest BCUT2D eigenvalue weighted by atomic mass is 10.7. The van der Waals surface area contributed by atoms with Gasteiger partial charge >= 0.3 is 0 Å². The van der Waals surface area contributed by atoms with Gasteiger partial charge in [0, 0.05) is 0 Å². The fourth-order valence-corrected chi connectivity index (χ4v) is 0.394. The summed E-state index contributed by atoms with van der Waals surface area (Å²) < 4.78 is 4.84. The van der Waals surface area contributed by atoms with Crippen LogP contribution in [0.15, 0.2) is 0 Å². The molecule has 1 saturated heterocycles. The maximum absolute atomic E-state index is 4.84. The topological polar surface area (TPSA) is 24.6 Å². The molecule has 2 heteroatoms. The minimum Gasteiger partial charge on any atom is -0.357 e. The van der Waals surface area contributed by atoms with Crippen LogP contribution in [0.1, 0.15) is 6.92 Å². The van der Waals surface area contributed by atoms with Gasteiger partial charge in [0.2, 0.25) is 0 Å². The summed E-state index contributed by atoms with van der Waals surface area (Å²) in [4.78, 5) is 0. The molecular weight excluding hydrogens is 78.0 g/mol. The molecule has 0 radical (unpaired) electrons. The molecule has 1 aliphatic heterocycles. The van der Waals surface area contributed by atoms with Crippen LogP contribution in [0.25, 0.3) is 0 Å². The van der Waals surface area contributed by atoms with Crippen molar-refractivity contribution in [2.75, 3.05) is 13.2 Å². The Bertz CT molecular complexity index is 42.8. The number of nitrogens with one attached hydrogen (secondary N) is 1. The lowest BCUT2D eigenvalue weighted by Crippen LogP contribution is -2.15. The number of epoxide rings is 1. The van der Waals surface area contributed by atoms with Gasteiger partial charge in [-0.15, -0.1) is 0 Å². The monoisotopic (exact) mass is 87.1 g/mol. The van der Waals surface area contributed by atoms with E-state index in [0.29, 0.717) is 6.23 Å². The maximum atomic E-state index is 4.84. The van der Waals surface area contributed by atoms with E-state index >= 15 is 0 Å². The molecule has 0 aromatic heterocycles. The molecule has 1 fully saturated rings. The standard InChI is InChI=1S/C4H9NO/c1-2-5-4-3-6-4/h4-5H,2-3H2,1H3/t4-/m0/s1. The average Bonchev–Trinajstić information content (AvgIpc) is 2.21. The quantitative estimate of drug-likeness (QED) is 0.478. The van der Waals surface area contributed by atoms with E-state index < -0.39 is 0 Å². The number of hydrogen-bond acceptors (Lipinski definition) is 2. The average molecular weight is 87.1 g/mol. The Morgan fingerprint density at radius 1 is 2.00 bits per heavy atom. The Hall–Kier alpha value is -0.0800. The Balaban J connectivity index is 1.88. The molecule has 1 atom stereocenters. The molecule has 0 bridgehead atoms. The largest absolute Gasteiger partial charge is 0.357 e. The highest BCUT2D eigenvalue weighted by Gasteiger charge is 2.19. The summed E-state index contributed by atoms with van der Waals surface area (Å²) in [7, 11) is 0. The van der Waals surface area contributed by atoms with Crippen LogP contribution < -0.4 is 5.32 Å². The van der Waals surface area contributed by atoms with E-state index in [4.69, 9.17) is 4.74 Å². The van der Waals surface area contributed by atoms with Gasteiger partial charge < -0.3 is 4.74 Å². The number of hydrogen-bond donors (Lipinski definition) is 1. The lowest BCUT2D eigenvalue weighted by Gasteiger charge is -1.86. The first-order valence-corrected chi connectivity index (χ1v) is 2.28. The molecule has 0 aromatic carbocycles. The first kappa shape index (κ1) is 4.09. The van der Waals surface area contributed by atoms with Crippen molar-refractivity contribution in [1.82, 2.24) is 5.32 Å². The van der Waals surface area contributed by atoms with E-state index in [0.717, 1.165) is 13.2 Å². The normalized spacial score (nSPS) is 30.5. The van der Waals surface area contributed by atoms with Gasteiger partial charge in [-0.3, -0.25) is 5.32 Å². The maximum Gasteiger partial charge on any atom is 0.132 e. The van der Waals surface area contributed by atoms with Crippen LogP contribution in [0.3, 0.4) is 0 Å². The Kier molecular flexibility index (Phi) is 1.08. The fraction of sp³-hybridized carbons (Fsp3) is 1.00. The van der Waals surface area contributed by atoms with E-state index in [1.54, 1.807) is 0 Å². The van der Waals surface area contributed by atoms with Gasteiger partial charge in [-0.2, -0.15) is 0 Å². The zero-order valence-corrected chi connectivity index (χ0v) is 3.90. The van der Waals surface area contributed by atoms with E-state index in [-0.39, 0.29) is 0 Å². The van der Waals surface area contributed by atoms with E-state index in [1.165, 1.54) is 0 Å². The SMILES string of the molecule is CCN[C@@H]1CO1. The summed E-state index contributed by atoms with van der Waals surface area (Å²) in [5.41, 5.74) is 0. The van der Waals surface area contributed by atoms with Gasteiger partial charge in [-0.25, -0.2) is 0 Å². The molecule has 0 spiro atoms. The number of likely N-dealkylation sites (N-methyl/N-ethyl adjacent to an activating group) is 1. The van der Waals surface area contributed by atoms with Crippen LogP contribution in [-0.4, -0.2) is 19.4 Å². The van der Waals surface area contributed by atoms with Gasteiger partial charge in [0.15, 0.2) is 0 Å². The Labute approximate surface area is 37.5 Å². The lowest BCUT2D eigenvalue weighted by molar-refractivity contribution is 0.374. The highest BCUT2D eigenvalue weighted by Crippen LogP contribution is 2.01. The first-order chi connectivity index (χ1) is 2.93. The predicted molar refractivity (Wildman–Crippen MR) is 23.4 cm³/mol. The molecule has 1 rings (SSSR count). The molecule has 0 aromatic rings. The van der Waals surface area contributed by atoms with Crippen LogP contribution >= 0.6 is 0 Å². The van der Waals surface area contributed by atoms with Gasteiger partial charge in [-0.05, 0) is 6.54 Å². The van der Waals surface area contributed by atoms with Gasteiger partial charge in [-0.1, -0.05) is 6.92 Å². The summed E-state index contributed by atoms with van der Waals surface area (Å²) in [5.74, 6) is 0. The summed E-state index contributed by atoms with van der Waals surface area (Å²) in [6, 6.07) is 0. The van der Waals surface area contributed by atoms with E-state index in [9.17, 15) is 0 Å². The van der Waals surface area contributed by atoms with Crippen molar-refractivity contribution in [2.45, 2.75) is 13.2 Å². The van der Waals surface area contributed by atoms with Gasteiger partial charge in [0.25, 0.3) is 0 Å². The summed E-state index contributed by atoms with van der Waals surface area (Å²) in [6.45, 7) is 4.00. The molecular formula is C4H9NO. The first-order valence-electron chi connectivity index (χ1n) is 2.28. The van der Waals surface area contributed by atoms with Crippen LogP contribution in [-0.2, 0) is 4.74 Å². The third-order valence-corrected chi connectivity index (χ3v) is 0.765. The third kappa shape index (κ3) is 0.954. The van der Waals surface area contributed by atoms with Gasteiger partial charge in [0.05, 0.1) is 6.61 Å². The fourth-order valence-electron chi connectivity index (χ4n) is 0.394. The van der Waals surface area contributed by atoms with Crippen molar-refractivity contribution in [3.05, 3.63) is 0 Å². The predicted octanol–water partition coefficient (Wildman–Crippen LogP) is -0.0478. The molecule has 0 amide bonds. The number of rotatable bonds is 2. The van der Waals surface area contributed by atoms with Crippen molar-refractivity contribution >= 4 is 0 Å². The van der Waals surface area contributed by atoms with Crippen molar-refractivity contribution in [3.63, 3.8) is 0 Å². The second-order valence-electron chi connectivity index (χ2n) is 1.38. The van der Waals surface area contributed by atoms with Crippen LogP contribution in [0.4, 0.5) is 0 Å². The van der Waals surface area contributed by atoms with Crippen molar-refractivity contribution in [3.8, 4) is 0 Å². The molecule has 6 heavy (non-hydrogen) atoms. The zero-order valence-electron chi connectivity index (χ0n) is 3.90. The highest BCUT2D eigenvalue weighted by atomic mass is 16.6. The zero-order chi connectivity index (χ0) is 4.41. The third-order valence-electron chi connectivity index (χ3n) is 0.765. The molecule has 0 aliphatic carbocycles. The number of ether oxygens (including phenoxy) is 1. The van der Waals surface area contributed by atoms with Crippen LogP contribution in [0.2, 0.25) is 0 Å². The minimum atomic E-state index is 0.398. The molecule has 1 N–H and O–H groups in total. The van der Waals surface area contributed by atoms with Crippen LogP contribution in [0, 0.1) is 0 Å². The van der Waals surface area contributed by atoms with Crippen molar-refractivity contribution < 1.29 is 4.74 Å². The smallest absolute Gasteiger partial charge is 0.132 e. The Morgan fingerprint density at radius 3 is 2.83 bits per heavy atom. The molecule has 0 unspecified atom stereocenters. The van der Waals surface area contributed by atoms with Crippen LogP contribution in [0.5, 0.6) is 0 Å². The second kappa shape index (κ2) is 1.58. The summed E-state index contributed by atoms with van der Waals surface area (Å²) >= 11 is 0. The molecule has 36 valence electrons. The van der Waals surface area contributed by atoms with Gasteiger partial charge in [0.1, 0.15) is 6.23 Å². The van der Waals surface area contributed by atoms with Crippen molar-refractivity contribution in [2.24, 2.45) is 0 Å². The molecule has 1 heterocycles. The molecule has 0 saturated carbocycles. The Morgan fingerprint density at radius 2 is 2.67 bits per heavy atom. The summed E-state index contributed by atoms with van der Waals surface area (Å²) in [5, 5.41) is 3.10. The second-order valence-corrected chi connectivity index (χ2v) is 1.38. The molecule has 2 nitrogen and oxygen atoms in total. The summed E-state index contributed by atoms with van der Waals surface area (Å²) in [6.07, 6.45) is 0.398.